The average molecular weight is 283 g/mol. The SMILES string of the molecule is CC(C)(C)S(=O)(=O)CCC1(CBr)CC1. The Bertz CT molecular complexity index is 297. The normalized spacial score (nSPS) is 20.9. The molecule has 0 aromatic carbocycles. The zero-order chi connectivity index (χ0) is 11.0. The van der Waals surface area contributed by atoms with Crippen molar-refractivity contribution in [2.24, 2.45) is 5.41 Å². The van der Waals surface area contributed by atoms with Crippen LogP contribution in [0.2, 0.25) is 0 Å². The van der Waals surface area contributed by atoms with Gasteiger partial charge in [0.1, 0.15) is 0 Å². The summed E-state index contributed by atoms with van der Waals surface area (Å²) in [5.74, 6) is 0.335. The Hall–Kier alpha value is 0.430. The number of rotatable bonds is 4. The van der Waals surface area contributed by atoms with Gasteiger partial charge in [0.25, 0.3) is 0 Å². The molecule has 0 aliphatic heterocycles. The van der Waals surface area contributed by atoms with E-state index in [1.807, 2.05) is 0 Å². The molecule has 0 unspecified atom stereocenters. The van der Waals surface area contributed by atoms with Gasteiger partial charge in [-0.3, -0.25) is 0 Å². The molecule has 0 heterocycles. The van der Waals surface area contributed by atoms with Gasteiger partial charge in [0, 0.05) is 5.33 Å². The predicted molar refractivity (Wildman–Crippen MR) is 63.6 cm³/mol. The molecule has 0 spiro atoms. The van der Waals surface area contributed by atoms with Crippen molar-refractivity contribution in [3.63, 3.8) is 0 Å². The van der Waals surface area contributed by atoms with E-state index in [0.717, 1.165) is 11.8 Å². The standard InChI is InChI=1S/C10H19BrO2S/c1-9(2,3)14(12,13)7-6-10(8-11)4-5-10/h4-8H2,1-3H3. The predicted octanol–water partition coefficient (Wildman–Crippen LogP) is 2.76. The molecule has 0 amide bonds. The van der Waals surface area contributed by atoms with Gasteiger partial charge in [-0.05, 0) is 45.4 Å². The summed E-state index contributed by atoms with van der Waals surface area (Å²) in [4.78, 5) is 0. The second kappa shape index (κ2) is 3.78. The first-order valence-corrected chi connectivity index (χ1v) is 7.78. The highest BCUT2D eigenvalue weighted by Gasteiger charge is 2.43. The molecule has 0 atom stereocenters. The summed E-state index contributed by atoms with van der Waals surface area (Å²) >= 11 is 3.46. The maximum Gasteiger partial charge on any atom is 0.155 e. The zero-order valence-electron chi connectivity index (χ0n) is 9.14. The van der Waals surface area contributed by atoms with Gasteiger partial charge in [-0.2, -0.15) is 0 Å². The van der Waals surface area contributed by atoms with E-state index >= 15 is 0 Å². The van der Waals surface area contributed by atoms with Crippen molar-refractivity contribution in [3.05, 3.63) is 0 Å². The quantitative estimate of drug-likeness (QED) is 0.743. The maximum absolute atomic E-state index is 11.8. The minimum absolute atomic E-state index is 0.304. The highest BCUT2D eigenvalue weighted by Crippen LogP contribution is 2.50. The second-order valence-electron chi connectivity index (χ2n) is 5.31. The first-order valence-electron chi connectivity index (χ1n) is 5.01. The highest BCUT2D eigenvalue weighted by molar-refractivity contribution is 9.09. The van der Waals surface area contributed by atoms with Gasteiger partial charge in [0.05, 0.1) is 10.5 Å². The fraction of sp³-hybridized carbons (Fsp3) is 1.00. The van der Waals surface area contributed by atoms with E-state index in [-0.39, 0.29) is 0 Å². The fourth-order valence-corrected chi connectivity index (χ4v) is 3.44. The van der Waals surface area contributed by atoms with Gasteiger partial charge < -0.3 is 0 Å². The van der Waals surface area contributed by atoms with E-state index in [4.69, 9.17) is 0 Å². The molecular formula is C10H19BrO2S. The van der Waals surface area contributed by atoms with Crippen LogP contribution in [0.1, 0.15) is 40.0 Å². The molecule has 0 aromatic rings. The molecule has 84 valence electrons. The summed E-state index contributed by atoms with van der Waals surface area (Å²) in [6.07, 6.45) is 3.17. The summed E-state index contributed by atoms with van der Waals surface area (Å²) in [7, 11) is -2.92. The summed E-state index contributed by atoms with van der Waals surface area (Å²) in [6, 6.07) is 0. The van der Waals surface area contributed by atoms with Crippen LogP contribution in [-0.2, 0) is 9.84 Å². The minimum Gasteiger partial charge on any atom is -0.228 e. The third-order valence-corrected chi connectivity index (χ3v) is 6.87. The Morgan fingerprint density at radius 1 is 1.29 bits per heavy atom. The van der Waals surface area contributed by atoms with Gasteiger partial charge in [-0.15, -0.1) is 0 Å². The maximum atomic E-state index is 11.8. The summed E-state index contributed by atoms with van der Waals surface area (Å²) in [5.41, 5.74) is 0.304. The monoisotopic (exact) mass is 282 g/mol. The lowest BCUT2D eigenvalue weighted by Crippen LogP contribution is -2.31. The third kappa shape index (κ3) is 2.72. The Balaban J connectivity index is 2.54. The molecule has 2 nitrogen and oxygen atoms in total. The van der Waals surface area contributed by atoms with Gasteiger partial charge in [0.15, 0.2) is 9.84 Å². The molecule has 1 rings (SSSR count). The smallest absolute Gasteiger partial charge is 0.155 e. The van der Waals surface area contributed by atoms with Gasteiger partial charge >= 0.3 is 0 Å². The summed E-state index contributed by atoms with van der Waals surface area (Å²) in [6.45, 7) is 5.32. The fourth-order valence-electron chi connectivity index (χ4n) is 1.28. The van der Waals surface area contributed by atoms with Gasteiger partial charge in [0.2, 0.25) is 0 Å². The Kier molecular flexibility index (Phi) is 3.37. The summed E-state index contributed by atoms with van der Waals surface area (Å²) < 4.78 is 23.1. The van der Waals surface area contributed by atoms with Crippen LogP contribution in [-0.4, -0.2) is 24.2 Å². The van der Waals surface area contributed by atoms with Crippen molar-refractivity contribution in [1.82, 2.24) is 0 Å². The van der Waals surface area contributed by atoms with Crippen LogP contribution in [0.3, 0.4) is 0 Å². The molecule has 0 saturated heterocycles. The van der Waals surface area contributed by atoms with Gasteiger partial charge in [-0.1, -0.05) is 15.9 Å². The molecule has 1 aliphatic rings. The van der Waals surface area contributed by atoms with Crippen molar-refractivity contribution in [1.29, 1.82) is 0 Å². The Labute approximate surface area is 95.5 Å². The number of alkyl halides is 1. The largest absolute Gasteiger partial charge is 0.228 e. The molecule has 1 aliphatic carbocycles. The molecule has 1 fully saturated rings. The number of hydrogen-bond donors (Lipinski definition) is 0. The zero-order valence-corrected chi connectivity index (χ0v) is 11.5. The van der Waals surface area contributed by atoms with Crippen molar-refractivity contribution >= 4 is 25.8 Å². The van der Waals surface area contributed by atoms with Crippen molar-refractivity contribution in [2.45, 2.75) is 44.8 Å². The molecule has 1 saturated carbocycles. The molecule has 0 aromatic heterocycles. The van der Waals surface area contributed by atoms with E-state index in [9.17, 15) is 8.42 Å². The van der Waals surface area contributed by atoms with Crippen LogP contribution in [0.4, 0.5) is 0 Å². The molecule has 14 heavy (non-hydrogen) atoms. The van der Waals surface area contributed by atoms with Crippen molar-refractivity contribution in [3.8, 4) is 0 Å². The van der Waals surface area contributed by atoms with Crippen LogP contribution in [0.5, 0.6) is 0 Å². The number of sulfone groups is 1. The first-order chi connectivity index (χ1) is 6.22. The minimum atomic E-state index is -2.92. The topological polar surface area (TPSA) is 34.1 Å². The Morgan fingerprint density at radius 3 is 2.07 bits per heavy atom. The van der Waals surface area contributed by atoms with Gasteiger partial charge in [-0.25, -0.2) is 8.42 Å². The van der Waals surface area contributed by atoms with Crippen molar-refractivity contribution in [2.75, 3.05) is 11.1 Å². The van der Waals surface area contributed by atoms with E-state index in [0.29, 0.717) is 11.2 Å². The molecule has 0 N–H and O–H groups in total. The van der Waals surface area contributed by atoms with E-state index in [1.54, 1.807) is 20.8 Å². The van der Waals surface area contributed by atoms with Crippen molar-refractivity contribution < 1.29 is 8.42 Å². The van der Waals surface area contributed by atoms with Crippen LogP contribution in [0.15, 0.2) is 0 Å². The lowest BCUT2D eigenvalue weighted by atomic mass is 10.1. The van der Waals surface area contributed by atoms with E-state index in [1.165, 1.54) is 12.8 Å². The van der Waals surface area contributed by atoms with E-state index in [2.05, 4.69) is 15.9 Å². The number of halogens is 1. The van der Waals surface area contributed by atoms with E-state index < -0.39 is 14.6 Å². The third-order valence-electron chi connectivity index (χ3n) is 3.07. The first kappa shape index (κ1) is 12.5. The Morgan fingerprint density at radius 2 is 1.79 bits per heavy atom. The van der Waals surface area contributed by atoms with Crippen LogP contribution in [0, 0.1) is 5.41 Å². The molecule has 4 heteroatoms. The van der Waals surface area contributed by atoms with Crippen LogP contribution < -0.4 is 0 Å². The number of hydrogen-bond acceptors (Lipinski definition) is 2. The van der Waals surface area contributed by atoms with Crippen LogP contribution in [0.25, 0.3) is 0 Å². The molecule has 0 bridgehead atoms. The molecule has 0 radical (unpaired) electrons. The lowest BCUT2D eigenvalue weighted by Gasteiger charge is -2.20. The second-order valence-corrected chi connectivity index (χ2v) is 8.74. The summed E-state index contributed by atoms with van der Waals surface area (Å²) in [5, 5.41) is 0.944. The lowest BCUT2D eigenvalue weighted by molar-refractivity contribution is 0.527. The van der Waals surface area contributed by atoms with Crippen LogP contribution >= 0.6 is 15.9 Å². The highest BCUT2D eigenvalue weighted by atomic mass is 79.9. The average Bonchev–Trinajstić information content (AvgIpc) is 2.80. The molecular weight excluding hydrogens is 264 g/mol.